The van der Waals surface area contributed by atoms with E-state index in [1.54, 1.807) is 0 Å². The second-order valence-electron chi connectivity index (χ2n) is 3.78. The normalized spacial score (nSPS) is 15.6. The molecule has 2 rings (SSSR count). The highest BCUT2D eigenvalue weighted by Crippen LogP contribution is 2.31. The van der Waals surface area contributed by atoms with Crippen LogP contribution in [0.15, 0.2) is 12.3 Å². The Balaban J connectivity index is 2.13. The van der Waals surface area contributed by atoms with E-state index in [2.05, 4.69) is 4.98 Å². The maximum absolute atomic E-state index is 13.4. The van der Waals surface area contributed by atoms with Crippen LogP contribution >= 0.6 is 11.6 Å². The van der Waals surface area contributed by atoms with Crippen LogP contribution in [-0.4, -0.2) is 18.6 Å². The van der Waals surface area contributed by atoms with E-state index in [1.807, 2.05) is 11.9 Å². The van der Waals surface area contributed by atoms with Crippen molar-refractivity contribution in [1.82, 2.24) is 4.98 Å². The van der Waals surface area contributed by atoms with E-state index >= 15 is 0 Å². The number of aromatic nitrogens is 1. The molecule has 0 bridgehead atoms. The minimum absolute atomic E-state index is 0.339. The summed E-state index contributed by atoms with van der Waals surface area (Å²) in [5.41, 5.74) is 0. The lowest BCUT2D eigenvalue weighted by atomic mass is 10.3. The van der Waals surface area contributed by atoms with Gasteiger partial charge in [0.05, 0.1) is 5.02 Å². The van der Waals surface area contributed by atoms with E-state index in [1.165, 1.54) is 25.1 Å². The van der Waals surface area contributed by atoms with E-state index in [0.717, 1.165) is 12.5 Å². The van der Waals surface area contributed by atoms with Crippen LogP contribution in [0.4, 0.5) is 10.2 Å². The largest absolute Gasteiger partial charge is 0.357 e. The molecule has 0 atom stereocenters. The fraction of sp³-hybridized carbons (Fsp3) is 0.500. The predicted octanol–water partition coefficient (Wildman–Crippen LogP) is 2.72. The molecule has 0 aromatic carbocycles. The summed E-state index contributed by atoms with van der Waals surface area (Å²) in [5, 5.41) is 0.339. The van der Waals surface area contributed by atoms with E-state index in [0.29, 0.717) is 10.8 Å². The molecule has 76 valence electrons. The van der Waals surface area contributed by atoms with Gasteiger partial charge in [-0.15, -0.1) is 0 Å². The summed E-state index contributed by atoms with van der Waals surface area (Å²) in [7, 11) is 1.86. The molecule has 1 saturated carbocycles. The van der Waals surface area contributed by atoms with Crippen molar-refractivity contribution in [2.45, 2.75) is 12.8 Å². The minimum Gasteiger partial charge on any atom is -0.357 e. The Morgan fingerprint density at radius 1 is 1.64 bits per heavy atom. The van der Waals surface area contributed by atoms with E-state index in [-0.39, 0.29) is 5.82 Å². The highest BCUT2D eigenvalue weighted by atomic mass is 35.5. The number of halogens is 2. The molecule has 1 aliphatic carbocycles. The molecule has 0 unspecified atom stereocenters. The Morgan fingerprint density at radius 2 is 2.36 bits per heavy atom. The number of nitrogens with zero attached hydrogens (tertiary/aromatic N) is 2. The van der Waals surface area contributed by atoms with Gasteiger partial charge in [-0.3, -0.25) is 0 Å². The quantitative estimate of drug-likeness (QED) is 0.769. The third-order valence-corrected chi connectivity index (χ3v) is 2.59. The molecule has 14 heavy (non-hydrogen) atoms. The molecule has 0 amide bonds. The fourth-order valence-electron chi connectivity index (χ4n) is 1.46. The first-order chi connectivity index (χ1) is 6.66. The summed E-state index contributed by atoms with van der Waals surface area (Å²) < 4.78 is 13.4. The molecule has 0 saturated heterocycles. The Labute approximate surface area is 87.7 Å². The third-order valence-electron chi connectivity index (χ3n) is 2.38. The number of rotatable bonds is 3. The van der Waals surface area contributed by atoms with Crippen molar-refractivity contribution in [3.8, 4) is 0 Å². The first-order valence-corrected chi connectivity index (χ1v) is 5.07. The maximum Gasteiger partial charge on any atom is 0.167 e. The van der Waals surface area contributed by atoms with Crippen molar-refractivity contribution in [1.29, 1.82) is 0 Å². The summed E-state index contributed by atoms with van der Waals surface area (Å²) in [6, 6.07) is 1.30. The predicted molar refractivity (Wildman–Crippen MR) is 55.2 cm³/mol. The molecule has 1 aromatic rings. The lowest BCUT2D eigenvalue weighted by Crippen LogP contribution is -2.22. The molecule has 1 heterocycles. The van der Waals surface area contributed by atoms with Gasteiger partial charge in [0.25, 0.3) is 0 Å². The highest BCUT2D eigenvalue weighted by Gasteiger charge is 2.24. The summed E-state index contributed by atoms with van der Waals surface area (Å²) in [5.74, 6) is 0.763. The monoisotopic (exact) mass is 214 g/mol. The third kappa shape index (κ3) is 2.15. The maximum atomic E-state index is 13.4. The van der Waals surface area contributed by atoms with Gasteiger partial charge in [0, 0.05) is 19.8 Å². The van der Waals surface area contributed by atoms with Crippen molar-refractivity contribution >= 4 is 17.4 Å². The Kier molecular flexibility index (Phi) is 2.59. The number of pyridine rings is 1. The topological polar surface area (TPSA) is 16.1 Å². The molecule has 0 spiro atoms. The fourth-order valence-corrected chi connectivity index (χ4v) is 1.61. The van der Waals surface area contributed by atoms with Crippen LogP contribution in [0.25, 0.3) is 0 Å². The molecule has 1 fully saturated rings. The molecule has 4 heteroatoms. The Hall–Kier alpha value is -0.830. The van der Waals surface area contributed by atoms with Gasteiger partial charge in [-0.2, -0.15) is 0 Å². The van der Waals surface area contributed by atoms with Crippen LogP contribution in [0.2, 0.25) is 5.02 Å². The Bertz CT molecular complexity index is 339. The first-order valence-electron chi connectivity index (χ1n) is 4.69. The second-order valence-corrected chi connectivity index (χ2v) is 4.22. The SMILES string of the molecule is CN(CC1CC1)c1ncc(Cl)cc1F. The summed E-state index contributed by atoms with van der Waals surface area (Å²) in [4.78, 5) is 5.83. The smallest absolute Gasteiger partial charge is 0.167 e. The zero-order valence-electron chi connectivity index (χ0n) is 8.00. The van der Waals surface area contributed by atoms with E-state index < -0.39 is 0 Å². The Morgan fingerprint density at radius 3 is 2.93 bits per heavy atom. The van der Waals surface area contributed by atoms with Crippen molar-refractivity contribution < 1.29 is 4.39 Å². The average molecular weight is 215 g/mol. The van der Waals surface area contributed by atoms with Gasteiger partial charge >= 0.3 is 0 Å². The zero-order valence-corrected chi connectivity index (χ0v) is 8.76. The summed E-state index contributed by atoms with van der Waals surface area (Å²) in [6.45, 7) is 0.881. The van der Waals surface area contributed by atoms with Gasteiger partial charge < -0.3 is 4.90 Å². The second kappa shape index (κ2) is 3.73. The molecule has 2 nitrogen and oxygen atoms in total. The lowest BCUT2D eigenvalue weighted by molar-refractivity contribution is 0.611. The number of anilines is 1. The molecule has 0 radical (unpaired) electrons. The van der Waals surface area contributed by atoms with Crippen LogP contribution in [0.3, 0.4) is 0 Å². The average Bonchev–Trinajstić information content (AvgIpc) is 2.87. The standard InChI is InChI=1S/C10H12ClFN2/c1-14(6-7-2-3-7)10-9(12)4-8(11)5-13-10/h4-5,7H,2-3,6H2,1H3. The van der Waals surface area contributed by atoms with E-state index in [4.69, 9.17) is 11.6 Å². The van der Waals surface area contributed by atoms with E-state index in [9.17, 15) is 4.39 Å². The molecular weight excluding hydrogens is 203 g/mol. The van der Waals surface area contributed by atoms with Gasteiger partial charge in [-0.25, -0.2) is 9.37 Å². The first kappa shape index (κ1) is 9.71. The molecule has 0 N–H and O–H groups in total. The molecular formula is C10H12ClFN2. The minimum atomic E-state index is -0.347. The molecule has 1 aromatic heterocycles. The highest BCUT2D eigenvalue weighted by molar-refractivity contribution is 6.30. The van der Waals surface area contributed by atoms with Crippen molar-refractivity contribution in [3.05, 3.63) is 23.1 Å². The number of hydrogen-bond donors (Lipinski definition) is 0. The summed E-state index contributed by atoms with van der Waals surface area (Å²) >= 11 is 5.62. The van der Waals surface area contributed by atoms with Gasteiger partial charge in [-0.05, 0) is 24.8 Å². The van der Waals surface area contributed by atoms with Crippen LogP contribution in [-0.2, 0) is 0 Å². The number of hydrogen-bond acceptors (Lipinski definition) is 2. The molecule has 1 aliphatic rings. The van der Waals surface area contributed by atoms with Gasteiger partial charge in [-0.1, -0.05) is 11.6 Å². The summed E-state index contributed by atoms with van der Waals surface area (Å²) in [6.07, 6.45) is 3.97. The van der Waals surface area contributed by atoms with Crippen LogP contribution in [0, 0.1) is 11.7 Å². The van der Waals surface area contributed by atoms with Crippen LogP contribution in [0.5, 0.6) is 0 Å². The van der Waals surface area contributed by atoms with Crippen LogP contribution in [0.1, 0.15) is 12.8 Å². The van der Waals surface area contributed by atoms with Gasteiger partial charge in [0.2, 0.25) is 0 Å². The van der Waals surface area contributed by atoms with Gasteiger partial charge in [0.15, 0.2) is 11.6 Å². The molecule has 0 aliphatic heterocycles. The van der Waals surface area contributed by atoms with Crippen molar-refractivity contribution in [2.75, 3.05) is 18.5 Å². The van der Waals surface area contributed by atoms with Crippen molar-refractivity contribution in [3.63, 3.8) is 0 Å². The van der Waals surface area contributed by atoms with Crippen LogP contribution < -0.4 is 4.90 Å². The zero-order chi connectivity index (χ0) is 10.1. The van der Waals surface area contributed by atoms with Gasteiger partial charge in [0.1, 0.15) is 0 Å². The van der Waals surface area contributed by atoms with Crippen molar-refractivity contribution in [2.24, 2.45) is 5.92 Å². The lowest BCUT2D eigenvalue weighted by Gasteiger charge is -2.18.